The van der Waals surface area contributed by atoms with Crippen LogP contribution in [0.1, 0.15) is 11.5 Å². The summed E-state index contributed by atoms with van der Waals surface area (Å²) in [7, 11) is 4.23. The minimum atomic E-state index is -0.919. The minimum absolute atomic E-state index is 0.00702. The Bertz CT molecular complexity index is 1400. The number of carbonyl (C=O) groups is 2. The van der Waals surface area contributed by atoms with Gasteiger partial charge in [-0.2, -0.15) is 10.4 Å². The molecular formula is C26H23N5O4. The van der Waals surface area contributed by atoms with Crippen molar-refractivity contribution in [1.29, 1.82) is 5.26 Å². The van der Waals surface area contributed by atoms with Gasteiger partial charge in [-0.25, -0.2) is 9.59 Å². The Kier molecular flexibility index (Phi) is 6.38. The SMILES string of the molecule is COC(=O)C1=C(C(=O)OC)N(c2cccc(-c3ccn(C)n3)c2)C(N)=C(C#N)C1c1ccccc1. The molecule has 0 spiro atoms. The fraction of sp³-hybridized carbons (Fsp3) is 0.154. The van der Waals surface area contributed by atoms with Crippen LogP contribution in [0.25, 0.3) is 11.3 Å². The molecule has 3 aromatic rings. The van der Waals surface area contributed by atoms with Crippen molar-refractivity contribution in [2.75, 3.05) is 19.1 Å². The monoisotopic (exact) mass is 469 g/mol. The quantitative estimate of drug-likeness (QED) is 0.566. The number of ether oxygens (including phenoxy) is 2. The van der Waals surface area contributed by atoms with Crippen LogP contribution >= 0.6 is 0 Å². The lowest BCUT2D eigenvalue weighted by Gasteiger charge is -2.36. The molecule has 1 aromatic heterocycles. The third-order valence-electron chi connectivity index (χ3n) is 5.72. The number of methoxy groups -OCH3 is 2. The topological polar surface area (TPSA) is 123 Å². The van der Waals surface area contributed by atoms with E-state index in [1.54, 1.807) is 47.1 Å². The van der Waals surface area contributed by atoms with E-state index in [1.165, 1.54) is 19.1 Å². The fourth-order valence-corrected chi connectivity index (χ4v) is 4.15. The molecule has 4 rings (SSSR count). The van der Waals surface area contributed by atoms with Crippen molar-refractivity contribution in [3.8, 4) is 17.3 Å². The molecule has 2 aromatic carbocycles. The number of allylic oxidation sites excluding steroid dienone is 1. The summed E-state index contributed by atoms with van der Waals surface area (Å²) in [5, 5.41) is 14.5. The molecule has 9 heteroatoms. The van der Waals surface area contributed by atoms with Crippen LogP contribution < -0.4 is 10.6 Å². The van der Waals surface area contributed by atoms with E-state index < -0.39 is 17.9 Å². The number of aromatic nitrogens is 2. The second-order valence-electron chi connectivity index (χ2n) is 7.76. The Hall–Kier alpha value is -4.84. The highest BCUT2D eigenvalue weighted by atomic mass is 16.5. The van der Waals surface area contributed by atoms with Gasteiger partial charge in [-0.1, -0.05) is 42.5 Å². The molecule has 1 unspecified atom stereocenters. The first-order valence-electron chi connectivity index (χ1n) is 10.7. The maximum atomic E-state index is 13.2. The maximum Gasteiger partial charge on any atom is 0.355 e. The predicted octanol–water partition coefficient (Wildman–Crippen LogP) is 2.98. The van der Waals surface area contributed by atoms with Crippen molar-refractivity contribution in [3.05, 3.63) is 95.1 Å². The maximum absolute atomic E-state index is 13.2. The number of nitrogens with two attached hydrogens (primary N) is 1. The van der Waals surface area contributed by atoms with Gasteiger partial charge in [-0.05, 0) is 23.8 Å². The van der Waals surface area contributed by atoms with Gasteiger partial charge in [0.1, 0.15) is 11.5 Å². The first kappa shape index (κ1) is 23.3. The summed E-state index contributed by atoms with van der Waals surface area (Å²) in [5.41, 5.74) is 9.00. The molecule has 0 saturated heterocycles. The summed E-state index contributed by atoms with van der Waals surface area (Å²) in [6.07, 6.45) is 1.81. The smallest absolute Gasteiger partial charge is 0.355 e. The van der Waals surface area contributed by atoms with Crippen LogP contribution in [0.4, 0.5) is 5.69 Å². The van der Waals surface area contributed by atoms with E-state index in [1.807, 2.05) is 31.4 Å². The van der Waals surface area contributed by atoms with Crippen molar-refractivity contribution in [2.45, 2.75) is 5.92 Å². The Morgan fingerprint density at radius 3 is 2.34 bits per heavy atom. The number of nitriles is 1. The van der Waals surface area contributed by atoms with Crippen LogP contribution in [0.15, 0.2) is 89.5 Å². The summed E-state index contributed by atoms with van der Waals surface area (Å²) in [5.74, 6) is -2.48. The molecule has 35 heavy (non-hydrogen) atoms. The molecule has 2 heterocycles. The van der Waals surface area contributed by atoms with Crippen molar-refractivity contribution < 1.29 is 19.1 Å². The molecule has 2 N–H and O–H groups in total. The third-order valence-corrected chi connectivity index (χ3v) is 5.72. The van der Waals surface area contributed by atoms with Crippen LogP contribution in [0, 0.1) is 11.3 Å². The van der Waals surface area contributed by atoms with E-state index in [9.17, 15) is 14.9 Å². The Morgan fingerprint density at radius 2 is 1.74 bits per heavy atom. The second-order valence-corrected chi connectivity index (χ2v) is 7.76. The van der Waals surface area contributed by atoms with Crippen molar-refractivity contribution in [2.24, 2.45) is 12.8 Å². The summed E-state index contributed by atoms with van der Waals surface area (Å²) in [6, 6.07) is 20.0. The number of anilines is 1. The highest BCUT2D eigenvalue weighted by molar-refractivity contribution is 6.06. The average molecular weight is 470 g/mol. The zero-order valence-corrected chi connectivity index (χ0v) is 19.4. The standard InChI is InChI=1S/C26H23N5O4/c1-30-13-12-20(29-30)17-10-7-11-18(14-17)31-23(26(33)35-3)22(25(32)34-2)21(19(15-27)24(31)28)16-8-5-4-6-9-16/h4-14,21H,28H2,1-3H3. The van der Waals surface area contributed by atoms with E-state index in [0.29, 0.717) is 16.9 Å². The van der Waals surface area contributed by atoms with Gasteiger partial charge in [0.25, 0.3) is 0 Å². The van der Waals surface area contributed by atoms with E-state index in [4.69, 9.17) is 15.2 Å². The van der Waals surface area contributed by atoms with Gasteiger partial charge >= 0.3 is 11.9 Å². The number of nitrogens with zero attached hydrogens (tertiary/aromatic N) is 4. The van der Waals surface area contributed by atoms with Gasteiger partial charge in [0.15, 0.2) is 0 Å². The van der Waals surface area contributed by atoms with Crippen molar-refractivity contribution in [3.63, 3.8) is 0 Å². The second kappa shape index (κ2) is 9.57. The molecule has 0 aliphatic carbocycles. The molecule has 1 atom stereocenters. The number of carbonyl (C=O) groups excluding carboxylic acids is 2. The summed E-state index contributed by atoms with van der Waals surface area (Å²) in [4.78, 5) is 27.6. The first-order chi connectivity index (χ1) is 16.9. The summed E-state index contributed by atoms with van der Waals surface area (Å²) < 4.78 is 11.8. The van der Waals surface area contributed by atoms with Gasteiger partial charge in [0.2, 0.25) is 0 Å². The number of rotatable bonds is 5. The van der Waals surface area contributed by atoms with E-state index in [0.717, 1.165) is 5.56 Å². The average Bonchev–Trinajstić information content (AvgIpc) is 3.33. The van der Waals surface area contributed by atoms with Crippen LogP contribution in [0.2, 0.25) is 0 Å². The Balaban J connectivity index is 2.01. The van der Waals surface area contributed by atoms with Gasteiger partial charge in [0, 0.05) is 24.5 Å². The van der Waals surface area contributed by atoms with Crippen LogP contribution in [-0.4, -0.2) is 35.9 Å². The van der Waals surface area contributed by atoms with Gasteiger partial charge in [0.05, 0.1) is 43.0 Å². The highest BCUT2D eigenvalue weighted by Crippen LogP contribution is 2.43. The molecule has 176 valence electrons. The van der Waals surface area contributed by atoms with E-state index >= 15 is 0 Å². The summed E-state index contributed by atoms with van der Waals surface area (Å²) >= 11 is 0. The summed E-state index contributed by atoms with van der Waals surface area (Å²) in [6.45, 7) is 0. The van der Waals surface area contributed by atoms with Gasteiger partial charge in [-0.15, -0.1) is 0 Å². The lowest BCUT2D eigenvalue weighted by atomic mass is 9.81. The largest absolute Gasteiger partial charge is 0.466 e. The first-order valence-corrected chi connectivity index (χ1v) is 10.7. The van der Waals surface area contributed by atoms with Crippen LogP contribution in [0.3, 0.4) is 0 Å². The third kappa shape index (κ3) is 4.13. The van der Waals surface area contributed by atoms with Crippen LogP contribution in [-0.2, 0) is 26.1 Å². The molecule has 0 fully saturated rings. The number of esters is 2. The highest BCUT2D eigenvalue weighted by Gasteiger charge is 2.43. The molecule has 0 amide bonds. The molecule has 0 saturated carbocycles. The number of hydrogen-bond donors (Lipinski definition) is 1. The molecule has 9 nitrogen and oxygen atoms in total. The Labute approximate surface area is 202 Å². The number of aryl methyl sites for hydroxylation is 1. The van der Waals surface area contributed by atoms with Gasteiger partial charge < -0.3 is 15.2 Å². The van der Waals surface area contributed by atoms with Crippen molar-refractivity contribution in [1.82, 2.24) is 9.78 Å². The Morgan fingerprint density at radius 1 is 1.03 bits per heavy atom. The predicted molar refractivity (Wildman–Crippen MR) is 128 cm³/mol. The molecular weight excluding hydrogens is 446 g/mol. The molecule has 1 aliphatic rings. The fourth-order valence-electron chi connectivity index (χ4n) is 4.15. The lowest BCUT2D eigenvalue weighted by Crippen LogP contribution is -2.40. The van der Waals surface area contributed by atoms with E-state index in [2.05, 4.69) is 11.2 Å². The zero-order valence-electron chi connectivity index (χ0n) is 19.4. The molecule has 1 aliphatic heterocycles. The minimum Gasteiger partial charge on any atom is -0.466 e. The van der Waals surface area contributed by atoms with Crippen molar-refractivity contribution >= 4 is 17.6 Å². The number of hydrogen-bond acceptors (Lipinski definition) is 8. The molecule has 0 radical (unpaired) electrons. The van der Waals surface area contributed by atoms with E-state index in [-0.39, 0.29) is 22.7 Å². The normalized spacial score (nSPS) is 15.6. The zero-order chi connectivity index (χ0) is 25.1. The van der Waals surface area contributed by atoms with Crippen LogP contribution in [0.5, 0.6) is 0 Å². The number of benzene rings is 2. The molecule has 0 bridgehead atoms. The van der Waals surface area contributed by atoms with Gasteiger partial charge in [-0.3, -0.25) is 9.58 Å². The lowest BCUT2D eigenvalue weighted by molar-refractivity contribution is -0.139.